The molecule has 0 amide bonds. The van der Waals surface area contributed by atoms with E-state index in [0.717, 1.165) is 46.8 Å². The Labute approximate surface area is 206 Å². The van der Waals surface area contributed by atoms with Gasteiger partial charge in [-0.3, -0.25) is 4.79 Å². The van der Waals surface area contributed by atoms with Crippen LogP contribution in [0, 0.1) is 17.3 Å². The molecular formula is C26H28BrIO3. The molecule has 3 nitrogen and oxygen atoms in total. The van der Waals surface area contributed by atoms with Gasteiger partial charge in [0.05, 0.1) is 11.1 Å². The molecule has 5 atom stereocenters. The third-order valence-corrected chi connectivity index (χ3v) is 9.52. The van der Waals surface area contributed by atoms with E-state index in [1.807, 2.05) is 6.07 Å². The number of phenolic OH excluding ortho intramolecular Hbond substituents is 1. The van der Waals surface area contributed by atoms with Crippen LogP contribution in [0.5, 0.6) is 11.5 Å². The van der Waals surface area contributed by atoms with Crippen molar-refractivity contribution in [3.63, 3.8) is 0 Å². The number of aromatic hydroxyl groups is 1. The molecule has 5 rings (SSSR count). The van der Waals surface area contributed by atoms with Crippen LogP contribution in [-0.2, 0) is 11.2 Å². The maximum Gasteiger partial charge on any atom is 0.139 e. The smallest absolute Gasteiger partial charge is 0.139 e. The van der Waals surface area contributed by atoms with Gasteiger partial charge in [0.2, 0.25) is 0 Å². The second-order valence-electron chi connectivity index (χ2n) is 9.60. The van der Waals surface area contributed by atoms with E-state index in [1.54, 1.807) is 0 Å². The molecule has 5 heteroatoms. The van der Waals surface area contributed by atoms with Crippen molar-refractivity contribution in [1.82, 2.24) is 0 Å². The van der Waals surface area contributed by atoms with Gasteiger partial charge in [0.15, 0.2) is 0 Å². The fourth-order valence-electron chi connectivity index (χ4n) is 6.80. The van der Waals surface area contributed by atoms with E-state index in [2.05, 4.69) is 75.8 Å². The van der Waals surface area contributed by atoms with Crippen LogP contribution in [0.15, 0.2) is 40.9 Å². The first kappa shape index (κ1) is 21.7. The number of carbonyl (C=O) groups is 1. The molecule has 3 aliphatic carbocycles. The highest BCUT2D eigenvalue weighted by atomic mass is 127. The zero-order chi connectivity index (χ0) is 21.8. The van der Waals surface area contributed by atoms with E-state index in [4.69, 9.17) is 4.74 Å². The first-order valence-corrected chi connectivity index (χ1v) is 13.6. The zero-order valence-electron chi connectivity index (χ0n) is 17.7. The molecule has 0 saturated heterocycles. The second kappa shape index (κ2) is 8.36. The van der Waals surface area contributed by atoms with Crippen LogP contribution in [0.2, 0.25) is 0 Å². The molecule has 2 aromatic carbocycles. The Kier molecular flexibility index (Phi) is 5.87. The van der Waals surface area contributed by atoms with Crippen molar-refractivity contribution in [2.45, 2.75) is 50.9 Å². The number of rotatable bonds is 4. The Bertz CT molecular complexity index is 1000. The molecule has 2 fully saturated rings. The standard InChI is InChI=1S/C26H28BrIO3/c1-26-14-20(15-2-4-16(5-3-15)31-13-12-28)24-17-8-10-22(29)25(27)18(17)6-7-19(24)21(26)9-11-23(26)30/h2-5,8,10,19-21,24,29H,6-7,9,11-14H2,1H3/t19-,20+,21-,24+,26-/m0/s1. The van der Waals surface area contributed by atoms with E-state index in [1.165, 1.54) is 16.7 Å². The van der Waals surface area contributed by atoms with Crippen LogP contribution in [-0.4, -0.2) is 21.9 Å². The summed E-state index contributed by atoms with van der Waals surface area (Å²) < 4.78 is 7.61. The van der Waals surface area contributed by atoms with Gasteiger partial charge in [0, 0.05) is 16.3 Å². The lowest BCUT2D eigenvalue weighted by atomic mass is 9.51. The maximum atomic E-state index is 13.0. The predicted molar refractivity (Wildman–Crippen MR) is 134 cm³/mol. The van der Waals surface area contributed by atoms with Crippen molar-refractivity contribution in [2.75, 3.05) is 11.0 Å². The minimum atomic E-state index is -0.214. The molecule has 3 aliphatic rings. The minimum Gasteiger partial charge on any atom is -0.507 e. The number of carbonyl (C=O) groups excluding carboxylic acids is 1. The molecule has 0 aromatic heterocycles. The van der Waals surface area contributed by atoms with Crippen LogP contribution in [0.1, 0.15) is 61.1 Å². The summed E-state index contributed by atoms with van der Waals surface area (Å²) in [6.45, 7) is 2.95. The van der Waals surface area contributed by atoms with Crippen LogP contribution in [0.3, 0.4) is 0 Å². The van der Waals surface area contributed by atoms with Crippen molar-refractivity contribution < 1.29 is 14.6 Å². The average molecular weight is 595 g/mol. The van der Waals surface area contributed by atoms with E-state index in [0.29, 0.717) is 41.8 Å². The van der Waals surface area contributed by atoms with E-state index < -0.39 is 0 Å². The number of Topliss-reactive ketones (excluding diaryl/α,β-unsaturated/α-hetero) is 1. The number of hydrogen-bond donors (Lipinski definition) is 1. The van der Waals surface area contributed by atoms with Gasteiger partial charge in [-0.25, -0.2) is 0 Å². The second-order valence-corrected chi connectivity index (χ2v) is 11.5. The van der Waals surface area contributed by atoms with Crippen LogP contribution >= 0.6 is 38.5 Å². The van der Waals surface area contributed by atoms with Crippen molar-refractivity contribution in [3.8, 4) is 11.5 Å². The molecule has 0 spiro atoms. The van der Waals surface area contributed by atoms with E-state index >= 15 is 0 Å². The Morgan fingerprint density at radius 2 is 1.94 bits per heavy atom. The van der Waals surface area contributed by atoms with Gasteiger partial charge in [-0.2, -0.15) is 0 Å². The van der Waals surface area contributed by atoms with Gasteiger partial charge in [0.25, 0.3) is 0 Å². The Morgan fingerprint density at radius 1 is 1.16 bits per heavy atom. The molecular weight excluding hydrogens is 567 g/mol. The summed E-state index contributed by atoms with van der Waals surface area (Å²) in [7, 11) is 0. The largest absolute Gasteiger partial charge is 0.507 e. The summed E-state index contributed by atoms with van der Waals surface area (Å²) in [6, 6.07) is 12.5. The fourth-order valence-corrected chi connectivity index (χ4v) is 7.58. The van der Waals surface area contributed by atoms with Crippen molar-refractivity contribution >= 4 is 44.3 Å². The fraction of sp³-hybridized carbons (Fsp3) is 0.500. The van der Waals surface area contributed by atoms with Gasteiger partial charge in [-0.1, -0.05) is 47.7 Å². The molecule has 164 valence electrons. The normalized spacial score (nSPS) is 31.6. The molecule has 31 heavy (non-hydrogen) atoms. The summed E-state index contributed by atoms with van der Waals surface area (Å²) >= 11 is 5.97. The lowest BCUT2D eigenvalue weighted by Crippen LogP contribution is -2.46. The summed E-state index contributed by atoms with van der Waals surface area (Å²) in [6.07, 6.45) is 4.71. The molecule has 0 bridgehead atoms. The number of hydrogen-bond acceptors (Lipinski definition) is 3. The first-order chi connectivity index (χ1) is 14.9. The summed E-state index contributed by atoms with van der Waals surface area (Å²) in [5.41, 5.74) is 3.69. The molecule has 2 saturated carbocycles. The molecule has 1 N–H and O–H groups in total. The number of ketones is 1. The van der Waals surface area contributed by atoms with Gasteiger partial charge >= 0.3 is 0 Å². The topological polar surface area (TPSA) is 46.5 Å². The molecule has 0 heterocycles. The Hall–Kier alpha value is -1.08. The van der Waals surface area contributed by atoms with Gasteiger partial charge in [0.1, 0.15) is 17.3 Å². The summed E-state index contributed by atoms with van der Waals surface area (Å²) in [4.78, 5) is 13.0. The van der Waals surface area contributed by atoms with Crippen LogP contribution in [0.4, 0.5) is 0 Å². The van der Waals surface area contributed by atoms with Crippen LogP contribution < -0.4 is 4.74 Å². The van der Waals surface area contributed by atoms with E-state index in [-0.39, 0.29) is 5.41 Å². The monoisotopic (exact) mass is 594 g/mol. The van der Waals surface area contributed by atoms with Gasteiger partial charge in [-0.15, -0.1) is 0 Å². The highest BCUT2D eigenvalue weighted by molar-refractivity contribution is 14.1. The third kappa shape index (κ3) is 3.54. The van der Waals surface area contributed by atoms with Crippen molar-refractivity contribution in [2.24, 2.45) is 17.3 Å². The minimum absolute atomic E-state index is 0.214. The molecule has 0 unspecified atom stereocenters. The van der Waals surface area contributed by atoms with Gasteiger partial charge in [-0.05, 0) is 100 Å². The van der Waals surface area contributed by atoms with E-state index in [9.17, 15) is 9.90 Å². The van der Waals surface area contributed by atoms with Crippen LogP contribution in [0.25, 0.3) is 0 Å². The number of ether oxygens (including phenoxy) is 1. The number of alkyl halides is 1. The summed E-state index contributed by atoms with van der Waals surface area (Å²) in [5, 5.41) is 10.3. The maximum absolute atomic E-state index is 13.0. The highest BCUT2D eigenvalue weighted by Gasteiger charge is 2.58. The number of benzene rings is 2. The molecule has 2 aromatic rings. The molecule has 0 aliphatic heterocycles. The summed E-state index contributed by atoms with van der Waals surface area (Å²) in [5.74, 6) is 3.34. The lowest BCUT2D eigenvalue weighted by molar-refractivity contribution is -0.130. The van der Waals surface area contributed by atoms with Crippen molar-refractivity contribution in [3.05, 3.63) is 57.6 Å². The first-order valence-electron chi connectivity index (χ1n) is 11.3. The zero-order valence-corrected chi connectivity index (χ0v) is 21.5. The van der Waals surface area contributed by atoms with Gasteiger partial charge < -0.3 is 9.84 Å². The number of phenols is 1. The predicted octanol–water partition coefficient (Wildman–Crippen LogP) is 6.79. The Morgan fingerprint density at radius 3 is 2.68 bits per heavy atom. The Balaban J connectivity index is 1.59. The SMILES string of the molecule is C[C@]12C[C@H](c3ccc(OCCI)cc3)[C@@H]3c4ccc(O)c(Br)c4CC[C@H]3[C@@H]1CCC2=O. The average Bonchev–Trinajstić information content (AvgIpc) is 3.08. The number of halogens is 2. The molecule has 0 radical (unpaired) electrons. The highest BCUT2D eigenvalue weighted by Crippen LogP contribution is 2.64. The third-order valence-electron chi connectivity index (χ3n) is 8.19. The van der Waals surface area contributed by atoms with Crippen molar-refractivity contribution in [1.29, 1.82) is 0 Å². The lowest BCUT2D eigenvalue weighted by Gasteiger charge is -2.52. The quantitative estimate of drug-likeness (QED) is 0.313. The number of fused-ring (bicyclic) bond motifs is 5.